The molecule has 3 rings (SSSR count). The molecule has 1 unspecified atom stereocenters. The Balaban J connectivity index is 2.06. The van der Waals surface area contributed by atoms with Crippen LogP contribution in [-0.4, -0.2) is 32.2 Å². The van der Waals surface area contributed by atoms with Crippen molar-refractivity contribution in [3.05, 3.63) is 78.4 Å². The molecule has 0 saturated carbocycles. The lowest BCUT2D eigenvalue weighted by Gasteiger charge is -2.14. The molecule has 34 heavy (non-hydrogen) atoms. The number of carbonyl (C=O) groups excluding carboxylic acids is 1. The van der Waals surface area contributed by atoms with Gasteiger partial charge in [-0.25, -0.2) is 4.79 Å². The Morgan fingerprint density at radius 3 is 1.82 bits per heavy atom. The summed E-state index contributed by atoms with van der Waals surface area (Å²) in [5.41, 5.74) is -0.0958. The number of hydrogen-bond donors (Lipinski definition) is 0. The highest BCUT2D eigenvalue weighted by Gasteiger charge is 2.36. The van der Waals surface area contributed by atoms with Crippen LogP contribution in [0.2, 0.25) is 0 Å². The van der Waals surface area contributed by atoms with E-state index in [1.807, 2.05) is 0 Å². The third kappa shape index (κ3) is 6.83. The molecular formula is C23H17F6O4S+. The predicted molar refractivity (Wildman–Crippen MR) is 111 cm³/mol. The quantitative estimate of drug-likeness (QED) is 0.212. The molecule has 0 amide bonds. The maximum Gasteiger partial charge on any atom is 0.573 e. The number of alkyl halides is 6. The summed E-state index contributed by atoms with van der Waals surface area (Å²) in [5, 5.41) is 0. The van der Waals surface area contributed by atoms with Crippen LogP contribution in [0.1, 0.15) is 10.4 Å². The van der Waals surface area contributed by atoms with Gasteiger partial charge in [0.1, 0.15) is 28.0 Å². The van der Waals surface area contributed by atoms with Crippen molar-refractivity contribution in [2.24, 2.45) is 0 Å². The van der Waals surface area contributed by atoms with Crippen LogP contribution >= 0.6 is 0 Å². The van der Waals surface area contributed by atoms with E-state index >= 15 is 0 Å². The minimum Gasteiger partial charge on any atom is -0.497 e. The van der Waals surface area contributed by atoms with Gasteiger partial charge in [-0.2, -0.15) is 13.2 Å². The maximum atomic E-state index is 12.6. The van der Waals surface area contributed by atoms with E-state index in [0.29, 0.717) is 20.4 Å². The van der Waals surface area contributed by atoms with Crippen molar-refractivity contribution in [3.8, 4) is 11.5 Å². The Morgan fingerprint density at radius 2 is 1.32 bits per heavy atom. The van der Waals surface area contributed by atoms with E-state index in [0.717, 1.165) is 12.1 Å². The minimum atomic E-state index is -4.87. The lowest BCUT2D eigenvalue weighted by atomic mass is 10.2. The second-order valence-corrected chi connectivity index (χ2v) is 8.68. The topological polar surface area (TPSA) is 44.8 Å². The molecule has 0 aliphatic rings. The van der Waals surface area contributed by atoms with Crippen LogP contribution in [0.4, 0.5) is 26.3 Å². The number of benzene rings is 3. The van der Waals surface area contributed by atoms with Gasteiger partial charge in [0.05, 0.1) is 7.11 Å². The fourth-order valence-corrected chi connectivity index (χ4v) is 5.10. The molecule has 0 radical (unpaired) electrons. The molecule has 11 heteroatoms. The maximum absolute atomic E-state index is 12.6. The van der Waals surface area contributed by atoms with Gasteiger partial charge in [-0.1, -0.05) is 12.1 Å². The molecule has 3 aromatic rings. The van der Waals surface area contributed by atoms with Crippen LogP contribution in [0.25, 0.3) is 0 Å². The molecule has 1 atom stereocenters. The third-order valence-electron chi connectivity index (χ3n) is 4.28. The van der Waals surface area contributed by atoms with Gasteiger partial charge in [0.2, 0.25) is 0 Å². The van der Waals surface area contributed by atoms with E-state index in [1.165, 1.54) is 31.4 Å². The van der Waals surface area contributed by atoms with Gasteiger partial charge in [-0.3, -0.25) is 0 Å². The van der Waals surface area contributed by atoms with Crippen molar-refractivity contribution in [1.29, 1.82) is 0 Å². The third-order valence-corrected chi connectivity index (χ3v) is 6.56. The first kappa shape index (κ1) is 25.3. The SMILES string of the molecule is COc1ccc([S+](c2ccc(OC(F)(F)F)cc2)c2ccccc2C(=O)OCC(F)(F)F)cc1. The van der Waals surface area contributed by atoms with Gasteiger partial charge in [-0.05, 0) is 60.7 Å². The molecule has 0 aromatic heterocycles. The van der Waals surface area contributed by atoms with E-state index in [-0.39, 0.29) is 5.56 Å². The Morgan fingerprint density at radius 1 is 0.794 bits per heavy atom. The number of ether oxygens (including phenoxy) is 3. The normalized spacial score (nSPS) is 12.7. The number of carbonyl (C=O) groups is 1. The van der Waals surface area contributed by atoms with Gasteiger partial charge in [0.15, 0.2) is 21.3 Å². The van der Waals surface area contributed by atoms with E-state index < -0.39 is 41.8 Å². The molecule has 4 nitrogen and oxygen atoms in total. The van der Waals surface area contributed by atoms with Gasteiger partial charge >= 0.3 is 18.5 Å². The van der Waals surface area contributed by atoms with Crippen LogP contribution in [0.3, 0.4) is 0 Å². The van der Waals surface area contributed by atoms with Crippen molar-refractivity contribution in [1.82, 2.24) is 0 Å². The lowest BCUT2D eigenvalue weighted by molar-refractivity contribution is -0.274. The number of halogens is 6. The van der Waals surface area contributed by atoms with Gasteiger partial charge in [0.25, 0.3) is 0 Å². The van der Waals surface area contributed by atoms with Gasteiger partial charge in [0, 0.05) is 0 Å². The van der Waals surface area contributed by atoms with Crippen LogP contribution in [0.15, 0.2) is 87.5 Å². The molecule has 0 spiro atoms. The first-order valence-corrected chi connectivity index (χ1v) is 10.8. The summed E-state index contributed by atoms with van der Waals surface area (Å²) >= 11 is 0. The number of hydrogen-bond acceptors (Lipinski definition) is 4. The smallest absolute Gasteiger partial charge is 0.497 e. The summed E-state index contributed by atoms with van der Waals surface area (Å²) in [6.45, 7) is -1.75. The van der Waals surface area contributed by atoms with E-state index in [1.54, 1.807) is 36.4 Å². The standard InChI is InChI=1S/C23H17F6O4S/c1-31-15-6-10-17(11-7-15)34(18-12-8-16(9-13-18)33-23(27,28)29)20-5-3-2-4-19(20)21(30)32-14-22(24,25)26/h2-13H,14H2,1H3/q+1. The van der Waals surface area contributed by atoms with Crippen molar-refractivity contribution in [2.75, 3.05) is 13.7 Å². The fraction of sp³-hybridized carbons (Fsp3) is 0.174. The first-order chi connectivity index (χ1) is 16.0. The highest BCUT2D eigenvalue weighted by Crippen LogP contribution is 2.36. The predicted octanol–water partition coefficient (Wildman–Crippen LogP) is 6.41. The van der Waals surface area contributed by atoms with Crippen molar-refractivity contribution < 1.29 is 45.3 Å². The summed E-state index contributed by atoms with van der Waals surface area (Å²) in [7, 11) is 0.385. The highest BCUT2D eigenvalue weighted by atomic mass is 32.2. The summed E-state index contributed by atoms with van der Waals surface area (Å²) in [6, 6.07) is 17.7. The van der Waals surface area contributed by atoms with E-state index in [4.69, 9.17) is 4.74 Å². The van der Waals surface area contributed by atoms with E-state index in [2.05, 4.69) is 9.47 Å². The summed E-state index contributed by atoms with van der Waals surface area (Å²) < 4.78 is 88.8. The molecule has 3 aromatic carbocycles. The van der Waals surface area contributed by atoms with Crippen molar-refractivity contribution in [3.63, 3.8) is 0 Å². The second-order valence-electron chi connectivity index (χ2n) is 6.69. The zero-order valence-electron chi connectivity index (χ0n) is 17.4. The van der Waals surface area contributed by atoms with E-state index in [9.17, 15) is 31.1 Å². The Kier molecular flexibility index (Phi) is 7.65. The Bertz CT molecular complexity index is 1110. The second kappa shape index (κ2) is 10.3. The Labute approximate surface area is 193 Å². The van der Waals surface area contributed by atoms with Crippen molar-refractivity contribution in [2.45, 2.75) is 27.2 Å². The summed E-state index contributed by atoms with van der Waals surface area (Å²) in [4.78, 5) is 14.0. The van der Waals surface area contributed by atoms with Crippen LogP contribution in [0, 0.1) is 0 Å². The molecule has 0 saturated heterocycles. The monoisotopic (exact) mass is 503 g/mol. The average Bonchev–Trinajstić information content (AvgIpc) is 2.78. The minimum absolute atomic E-state index is 0.0958. The van der Waals surface area contributed by atoms with Crippen LogP contribution in [-0.2, 0) is 15.6 Å². The molecule has 180 valence electrons. The molecule has 0 aliphatic heterocycles. The molecule has 0 aliphatic carbocycles. The van der Waals surface area contributed by atoms with Gasteiger partial charge in [-0.15, -0.1) is 13.2 Å². The summed E-state index contributed by atoms with van der Waals surface area (Å²) in [6.07, 6.45) is -9.56. The largest absolute Gasteiger partial charge is 0.573 e. The zero-order valence-corrected chi connectivity index (χ0v) is 18.3. The Hall–Kier alpha value is -3.34. The number of rotatable bonds is 7. The molecular weight excluding hydrogens is 486 g/mol. The number of esters is 1. The van der Waals surface area contributed by atoms with Crippen molar-refractivity contribution >= 4 is 16.9 Å². The lowest BCUT2D eigenvalue weighted by Crippen LogP contribution is -2.21. The first-order valence-electron chi connectivity index (χ1n) is 9.54. The summed E-state index contributed by atoms with van der Waals surface area (Å²) in [5.74, 6) is -1.07. The molecule has 0 heterocycles. The average molecular weight is 503 g/mol. The molecule has 0 bridgehead atoms. The fourth-order valence-electron chi connectivity index (χ4n) is 2.92. The zero-order chi connectivity index (χ0) is 24.9. The van der Waals surface area contributed by atoms with Crippen LogP contribution < -0.4 is 9.47 Å². The highest BCUT2D eigenvalue weighted by molar-refractivity contribution is 7.97. The van der Waals surface area contributed by atoms with Gasteiger partial charge < -0.3 is 14.2 Å². The van der Waals surface area contributed by atoms with Crippen LogP contribution in [0.5, 0.6) is 11.5 Å². The molecule has 0 N–H and O–H groups in total. The molecule has 0 fully saturated rings. The number of methoxy groups -OCH3 is 1.